The highest BCUT2D eigenvalue weighted by Gasteiger charge is 2.46. The summed E-state index contributed by atoms with van der Waals surface area (Å²) in [4.78, 5) is 31.6. The van der Waals surface area contributed by atoms with Crippen LogP contribution in [0.25, 0.3) is 5.76 Å². The van der Waals surface area contributed by atoms with Gasteiger partial charge in [-0.2, -0.15) is 0 Å². The zero-order chi connectivity index (χ0) is 23.7. The Balaban J connectivity index is 1.54. The fourth-order valence-corrected chi connectivity index (χ4v) is 4.34. The van der Waals surface area contributed by atoms with Gasteiger partial charge in [0.2, 0.25) is 0 Å². The van der Waals surface area contributed by atoms with Crippen molar-refractivity contribution in [1.29, 1.82) is 0 Å². The van der Waals surface area contributed by atoms with E-state index in [0.717, 1.165) is 0 Å². The Morgan fingerprint density at radius 3 is 2.65 bits per heavy atom. The number of ketones is 1. The van der Waals surface area contributed by atoms with E-state index in [1.165, 1.54) is 17.0 Å². The van der Waals surface area contributed by atoms with Gasteiger partial charge < -0.3 is 29.2 Å². The van der Waals surface area contributed by atoms with Crippen LogP contribution >= 0.6 is 0 Å². The van der Waals surface area contributed by atoms with Gasteiger partial charge in [-0.15, -0.1) is 0 Å². The molecule has 0 unspecified atom stereocenters. The van der Waals surface area contributed by atoms with Gasteiger partial charge in [-0.1, -0.05) is 12.1 Å². The molecule has 2 aromatic carbocycles. The molecular weight excluding hydrogens is 438 g/mol. The Kier molecular flexibility index (Phi) is 5.67. The number of hydrogen-bond acceptors (Lipinski definition) is 7. The Labute approximate surface area is 195 Å². The van der Waals surface area contributed by atoms with Crippen LogP contribution in [0.15, 0.2) is 66.8 Å². The van der Waals surface area contributed by atoms with Crippen LogP contribution in [-0.4, -0.2) is 56.1 Å². The van der Waals surface area contributed by atoms with Crippen molar-refractivity contribution in [2.75, 3.05) is 19.8 Å². The average Bonchev–Trinajstić information content (AvgIpc) is 3.45. The number of aromatic hydroxyl groups is 1. The fourth-order valence-electron chi connectivity index (χ4n) is 4.34. The van der Waals surface area contributed by atoms with Crippen LogP contribution in [0.2, 0.25) is 0 Å². The number of aliphatic hydroxyl groups excluding tert-OH is 1. The summed E-state index contributed by atoms with van der Waals surface area (Å²) >= 11 is 0. The second-order valence-corrected chi connectivity index (χ2v) is 8.10. The van der Waals surface area contributed by atoms with Crippen molar-refractivity contribution in [1.82, 2.24) is 14.5 Å². The van der Waals surface area contributed by atoms with E-state index in [1.54, 1.807) is 42.9 Å². The van der Waals surface area contributed by atoms with E-state index in [1.807, 2.05) is 10.8 Å². The van der Waals surface area contributed by atoms with E-state index >= 15 is 0 Å². The van der Waals surface area contributed by atoms with Gasteiger partial charge in [0.1, 0.15) is 24.7 Å². The van der Waals surface area contributed by atoms with Gasteiger partial charge in [0.15, 0.2) is 11.5 Å². The molecule has 1 aromatic heterocycles. The van der Waals surface area contributed by atoms with E-state index in [4.69, 9.17) is 9.47 Å². The normalized spacial score (nSPS) is 18.9. The summed E-state index contributed by atoms with van der Waals surface area (Å²) in [5.74, 6) is -0.769. The first kappa shape index (κ1) is 21.6. The molecule has 1 atom stereocenters. The van der Waals surface area contributed by atoms with Crippen molar-refractivity contribution in [2.24, 2.45) is 0 Å². The minimum atomic E-state index is -0.844. The largest absolute Gasteiger partial charge is 0.508 e. The number of aryl methyl sites for hydroxylation is 1. The molecule has 2 N–H and O–H groups in total. The summed E-state index contributed by atoms with van der Waals surface area (Å²) in [5, 5.41) is 21.3. The smallest absolute Gasteiger partial charge is 0.295 e. The highest BCUT2D eigenvalue weighted by molar-refractivity contribution is 6.46. The molecule has 1 amide bonds. The highest BCUT2D eigenvalue weighted by Crippen LogP contribution is 2.41. The number of amides is 1. The average molecular weight is 461 g/mol. The zero-order valence-electron chi connectivity index (χ0n) is 18.3. The maximum Gasteiger partial charge on any atom is 0.295 e. The standard InChI is InChI=1S/C25H23N3O6/c29-18-4-1-3-16(13-18)22-21(23(30)17-5-6-19-20(14-17)34-12-11-33-19)24(31)25(32)28(22)9-2-8-27-10-7-26-15-27/h1,3-7,10,13-15,22,29-30H,2,8-9,11-12H2/t22-/m1/s1. The van der Waals surface area contributed by atoms with Crippen molar-refractivity contribution >= 4 is 17.4 Å². The van der Waals surface area contributed by atoms with Gasteiger partial charge in [0, 0.05) is 31.0 Å². The van der Waals surface area contributed by atoms with E-state index in [9.17, 15) is 19.8 Å². The number of phenols is 1. The van der Waals surface area contributed by atoms with Crippen LogP contribution in [0.4, 0.5) is 0 Å². The molecular formula is C25H23N3O6. The van der Waals surface area contributed by atoms with Gasteiger partial charge in [-0.3, -0.25) is 9.59 Å². The Morgan fingerprint density at radius 1 is 1.06 bits per heavy atom. The van der Waals surface area contributed by atoms with Crippen molar-refractivity contribution in [3.05, 3.63) is 77.9 Å². The number of ether oxygens (including phenoxy) is 2. The lowest BCUT2D eigenvalue weighted by molar-refractivity contribution is -0.139. The SMILES string of the molecule is O=C1C(=O)N(CCCn2ccnc2)[C@H](c2cccc(O)c2)C1=C(O)c1ccc2c(c1)OCCO2. The monoisotopic (exact) mass is 461 g/mol. The number of nitrogens with zero attached hydrogens (tertiary/aromatic N) is 3. The topological polar surface area (TPSA) is 114 Å². The third-order valence-corrected chi connectivity index (χ3v) is 5.92. The van der Waals surface area contributed by atoms with Crippen molar-refractivity contribution in [3.63, 3.8) is 0 Å². The minimum Gasteiger partial charge on any atom is -0.508 e. The molecule has 0 saturated carbocycles. The second kappa shape index (κ2) is 8.93. The predicted octanol–water partition coefficient (Wildman–Crippen LogP) is 2.87. The Hall–Kier alpha value is -4.27. The number of hydrogen-bond donors (Lipinski definition) is 2. The van der Waals surface area contributed by atoms with E-state index in [2.05, 4.69) is 4.98 Å². The summed E-state index contributed by atoms with van der Waals surface area (Å²) in [6, 6.07) is 10.4. The zero-order valence-corrected chi connectivity index (χ0v) is 18.3. The molecule has 34 heavy (non-hydrogen) atoms. The van der Waals surface area contributed by atoms with Gasteiger partial charge >= 0.3 is 0 Å². The van der Waals surface area contributed by atoms with E-state index < -0.39 is 17.7 Å². The number of phenolic OH excluding ortho intramolecular Hbond substituents is 1. The van der Waals surface area contributed by atoms with Gasteiger partial charge in [0.25, 0.3) is 11.7 Å². The summed E-state index contributed by atoms with van der Waals surface area (Å²) in [7, 11) is 0. The number of aliphatic hydroxyl groups is 1. The summed E-state index contributed by atoms with van der Waals surface area (Å²) in [6.45, 7) is 1.70. The predicted molar refractivity (Wildman–Crippen MR) is 121 cm³/mol. The van der Waals surface area contributed by atoms with Crippen LogP contribution in [0.3, 0.4) is 0 Å². The van der Waals surface area contributed by atoms with Crippen LogP contribution in [0.1, 0.15) is 23.6 Å². The minimum absolute atomic E-state index is 0.000771. The maximum atomic E-state index is 13.1. The first-order chi connectivity index (χ1) is 16.5. The Morgan fingerprint density at radius 2 is 1.88 bits per heavy atom. The number of carbonyl (C=O) groups is 2. The molecule has 9 nitrogen and oxygen atoms in total. The van der Waals surface area contributed by atoms with Crippen LogP contribution < -0.4 is 9.47 Å². The summed E-state index contributed by atoms with van der Waals surface area (Å²) < 4.78 is 13.0. The van der Waals surface area contributed by atoms with Crippen LogP contribution in [0.5, 0.6) is 17.2 Å². The lowest BCUT2D eigenvalue weighted by Gasteiger charge is -2.25. The summed E-state index contributed by atoms with van der Waals surface area (Å²) in [5.41, 5.74) is 0.835. The highest BCUT2D eigenvalue weighted by atomic mass is 16.6. The number of carbonyl (C=O) groups excluding carboxylic acids is 2. The van der Waals surface area contributed by atoms with Crippen molar-refractivity contribution in [3.8, 4) is 17.2 Å². The molecule has 1 saturated heterocycles. The van der Waals surface area contributed by atoms with Crippen LogP contribution in [-0.2, 0) is 16.1 Å². The molecule has 0 bridgehead atoms. The lowest BCUT2D eigenvalue weighted by Crippen LogP contribution is -2.31. The van der Waals surface area contributed by atoms with Crippen molar-refractivity contribution < 1.29 is 29.3 Å². The number of likely N-dealkylation sites (tertiary alicyclic amines) is 1. The lowest BCUT2D eigenvalue weighted by atomic mass is 9.95. The molecule has 0 radical (unpaired) electrons. The van der Waals surface area contributed by atoms with E-state index in [0.29, 0.717) is 48.8 Å². The van der Waals surface area contributed by atoms with Crippen molar-refractivity contribution in [2.45, 2.75) is 19.0 Å². The first-order valence-corrected chi connectivity index (χ1v) is 11.0. The number of fused-ring (bicyclic) bond motifs is 1. The number of imidazole rings is 1. The number of rotatable bonds is 6. The molecule has 174 valence electrons. The van der Waals surface area contributed by atoms with E-state index in [-0.39, 0.29) is 23.6 Å². The molecule has 3 heterocycles. The van der Waals surface area contributed by atoms with Gasteiger partial charge in [0.05, 0.1) is 17.9 Å². The molecule has 0 aliphatic carbocycles. The number of Topliss-reactive ketones (excluding diaryl/α,β-unsaturated/α-hetero) is 1. The number of benzene rings is 2. The first-order valence-electron chi connectivity index (χ1n) is 11.0. The molecule has 5 rings (SSSR count). The number of aromatic nitrogens is 2. The molecule has 2 aliphatic rings. The van der Waals surface area contributed by atoms with Gasteiger partial charge in [-0.05, 0) is 42.3 Å². The Bertz CT molecular complexity index is 1270. The quantitative estimate of drug-likeness (QED) is 0.330. The van der Waals surface area contributed by atoms with Gasteiger partial charge in [-0.25, -0.2) is 4.98 Å². The van der Waals surface area contributed by atoms with Crippen LogP contribution in [0, 0.1) is 0 Å². The molecule has 3 aromatic rings. The fraction of sp³-hybridized carbons (Fsp3) is 0.240. The third-order valence-electron chi connectivity index (χ3n) is 5.92. The second-order valence-electron chi connectivity index (χ2n) is 8.10. The molecule has 0 spiro atoms. The molecule has 2 aliphatic heterocycles. The molecule has 1 fully saturated rings. The third kappa shape index (κ3) is 3.96. The maximum absolute atomic E-state index is 13.1. The molecule has 9 heteroatoms. The summed E-state index contributed by atoms with van der Waals surface area (Å²) in [6.07, 6.45) is 5.75.